The number of fused-ring (bicyclic) bond motifs is 1. The van der Waals surface area contributed by atoms with Gasteiger partial charge in [-0.25, -0.2) is 4.39 Å². The first-order valence-electron chi connectivity index (χ1n) is 8.56. The molecule has 132 valence electrons. The van der Waals surface area contributed by atoms with Gasteiger partial charge in [0, 0.05) is 33.7 Å². The Balaban J connectivity index is 1.79. The summed E-state index contributed by atoms with van der Waals surface area (Å²) in [6, 6.07) is 14.5. The summed E-state index contributed by atoms with van der Waals surface area (Å²) in [6.07, 6.45) is 0.375. The van der Waals surface area contributed by atoms with Gasteiger partial charge in [0.15, 0.2) is 0 Å². The van der Waals surface area contributed by atoms with E-state index in [9.17, 15) is 9.18 Å². The molecular weight excluding hydrogens is 349 g/mol. The Bertz CT molecular complexity index is 966. The van der Waals surface area contributed by atoms with Crippen molar-refractivity contribution in [2.45, 2.75) is 19.3 Å². The van der Waals surface area contributed by atoms with E-state index in [2.05, 4.69) is 5.32 Å². The van der Waals surface area contributed by atoms with Crippen molar-refractivity contribution in [2.24, 2.45) is 0 Å². The smallest absolute Gasteiger partial charge is 0.225 e. The molecule has 0 spiro atoms. The van der Waals surface area contributed by atoms with Crippen molar-refractivity contribution < 1.29 is 13.9 Å². The zero-order valence-electron chi connectivity index (χ0n) is 14.3. The van der Waals surface area contributed by atoms with E-state index in [0.29, 0.717) is 18.6 Å². The van der Waals surface area contributed by atoms with Crippen molar-refractivity contribution >= 4 is 22.9 Å². The first-order valence-corrected chi connectivity index (χ1v) is 9.44. The Morgan fingerprint density at radius 2 is 2.04 bits per heavy atom. The van der Waals surface area contributed by atoms with Crippen LogP contribution in [0.25, 0.3) is 11.1 Å². The number of anilines is 1. The van der Waals surface area contributed by atoms with Gasteiger partial charge in [0.25, 0.3) is 0 Å². The number of rotatable bonds is 4. The SMILES string of the molecule is CCOc1cccc(C2CC(=O)Nc3c(-c4ccccc4F)csc32)c1. The first-order chi connectivity index (χ1) is 12.7. The van der Waals surface area contributed by atoms with E-state index < -0.39 is 0 Å². The zero-order valence-corrected chi connectivity index (χ0v) is 15.1. The minimum Gasteiger partial charge on any atom is -0.494 e. The molecule has 1 aliphatic rings. The molecule has 0 aliphatic carbocycles. The summed E-state index contributed by atoms with van der Waals surface area (Å²) in [4.78, 5) is 13.4. The third kappa shape index (κ3) is 2.99. The summed E-state index contributed by atoms with van der Waals surface area (Å²) < 4.78 is 19.8. The highest BCUT2D eigenvalue weighted by molar-refractivity contribution is 7.11. The summed E-state index contributed by atoms with van der Waals surface area (Å²) in [5, 5.41) is 4.87. The van der Waals surface area contributed by atoms with E-state index in [1.165, 1.54) is 6.07 Å². The normalized spacial score (nSPS) is 16.1. The van der Waals surface area contributed by atoms with E-state index in [0.717, 1.165) is 27.4 Å². The topological polar surface area (TPSA) is 38.3 Å². The third-order valence-electron chi connectivity index (χ3n) is 4.53. The molecule has 1 N–H and O–H groups in total. The predicted molar refractivity (Wildman–Crippen MR) is 102 cm³/mol. The fourth-order valence-electron chi connectivity index (χ4n) is 3.36. The van der Waals surface area contributed by atoms with Gasteiger partial charge in [0.05, 0.1) is 12.3 Å². The summed E-state index contributed by atoms with van der Waals surface area (Å²) in [5.41, 5.74) is 3.01. The predicted octanol–water partition coefficient (Wildman–Crippen LogP) is 5.43. The van der Waals surface area contributed by atoms with E-state index in [4.69, 9.17) is 4.74 Å². The second kappa shape index (κ2) is 6.92. The number of ether oxygens (including phenoxy) is 1. The van der Waals surface area contributed by atoms with Crippen LogP contribution < -0.4 is 10.1 Å². The lowest BCUT2D eigenvalue weighted by molar-refractivity contribution is -0.116. The lowest BCUT2D eigenvalue weighted by Crippen LogP contribution is -2.22. The summed E-state index contributed by atoms with van der Waals surface area (Å²) in [7, 11) is 0. The third-order valence-corrected chi connectivity index (χ3v) is 5.62. The van der Waals surface area contributed by atoms with Gasteiger partial charge in [-0.05, 0) is 30.7 Å². The minimum absolute atomic E-state index is 0.0512. The largest absolute Gasteiger partial charge is 0.494 e. The molecule has 26 heavy (non-hydrogen) atoms. The molecule has 0 radical (unpaired) electrons. The second-order valence-corrected chi connectivity index (χ2v) is 7.09. The summed E-state index contributed by atoms with van der Waals surface area (Å²) in [5.74, 6) is 0.399. The first kappa shape index (κ1) is 16.8. The Kier molecular flexibility index (Phi) is 4.47. The number of halogens is 1. The molecule has 2 heterocycles. The van der Waals surface area contributed by atoms with Gasteiger partial charge in [0.2, 0.25) is 5.91 Å². The minimum atomic E-state index is -0.289. The Morgan fingerprint density at radius 1 is 1.19 bits per heavy atom. The number of hydrogen-bond acceptors (Lipinski definition) is 3. The van der Waals surface area contributed by atoms with E-state index in [1.54, 1.807) is 29.5 Å². The number of benzene rings is 2. The maximum Gasteiger partial charge on any atom is 0.225 e. The highest BCUT2D eigenvalue weighted by atomic mass is 32.1. The van der Waals surface area contributed by atoms with Crippen LogP contribution in [0.1, 0.15) is 29.7 Å². The lowest BCUT2D eigenvalue weighted by Gasteiger charge is -2.24. The van der Waals surface area contributed by atoms with Crippen LogP contribution in [0, 0.1) is 5.82 Å². The van der Waals surface area contributed by atoms with Crippen LogP contribution in [0.4, 0.5) is 10.1 Å². The number of nitrogens with one attached hydrogen (secondary N) is 1. The number of thiophene rings is 1. The van der Waals surface area contributed by atoms with Crippen LogP contribution in [0.2, 0.25) is 0 Å². The zero-order chi connectivity index (χ0) is 18.1. The number of carbonyl (C=O) groups is 1. The van der Waals surface area contributed by atoms with Gasteiger partial charge in [-0.1, -0.05) is 30.3 Å². The Labute approximate surface area is 155 Å². The number of carbonyl (C=O) groups excluding carboxylic acids is 1. The van der Waals surface area contributed by atoms with Gasteiger partial charge in [-0.3, -0.25) is 4.79 Å². The molecule has 3 nitrogen and oxygen atoms in total. The fraction of sp³-hybridized carbons (Fsp3) is 0.190. The van der Waals surface area contributed by atoms with Gasteiger partial charge in [-0.2, -0.15) is 0 Å². The average molecular weight is 367 g/mol. The fourth-order valence-corrected chi connectivity index (χ4v) is 4.51. The quantitative estimate of drug-likeness (QED) is 0.668. The molecule has 2 aromatic carbocycles. The van der Waals surface area contributed by atoms with Crippen molar-refractivity contribution in [1.82, 2.24) is 0 Å². The van der Waals surface area contributed by atoms with Crippen molar-refractivity contribution in [3.05, 3.63) is 70.2 Å². The van der Waals surface area contributed by atoms with E-state index in [-0.39, 0.29) is 17.6 Å². The van der Waals surface area contributed by atoms with Gasteiger partial charge in [-0.15, -0.1) is 11.3 Å². The van der Waals surface area contributed by atoms with Gasteiger partial charge < -0.3 is 10.1 Å². The molecule has 0 fully saturated rings. The highest BCUT2D eigenvalue weighted by Gasteiger charge is 2.31. The lowest BCUT2D eigenvalue weighted by atomic mass is 9.89. The molecule has 1 aromatic heterocycles. The molecule has 0 saturated carbocycles. The number of amides is 1. The van der Waals surface area contributed by atoms with Crippen molar-refractivity contribution in [1.29, 1.82) is 0 Å². The van der Waals surface area contributed by atoms with E-state index >= 15 is 0 Å². The Morgan fingerprint density at radius 3 is 2.85 bits per heavy atom. The van der Waals surface area contributed by atoms with Crippen LogP contribution >= 0.6 is 11.3 Å². The van der Waals surface area contributed by atoms with Crippen LogP contribution in [-0.2, 0) is 4.79 Å². The molecule has 4 rings (SSSR count). The standard InChI is InChI=1S/C21H18FNO2S/c1-2-25-14-7-5-6-13(10-14)16-11-19(24)23-20-17(12-26-21(16)20)15-8-3-4-9-18(15)22/h3-10,12,16H,2,11H2,1H3,(H,23,24). The molecular formula is C21H18FNO2S. The Hall–Kier alpha value is -2.66. The van der Waals surface area contributed by atoms with Crippen LogP contribution in [0.5, 0.6) is 5.75 Å². The van der Waals surface area contributed by atoms with E-state index in [1.807, 2.05) is 36.6 Å². The van der Waals surface area contributed by atoms with Crippen LogP contribution in [0.15, 0.2) is 53.9 Å². The van der Waals surface area contributed by atoms with Crippen LogP contribution in [-0.4, -0.2) is 12.5 Å². The maximum atomic E-state index is 14.3. The molecule has 3 aromatic rings. The molecule has 1 atom stereocenters. The molecule has 5 heteroatoms. The molecule has 1 unspecified atom stereocenters. The van der Waals surface area contributed by atoms with Crippen molar-refractivity contribution in [3.63, 3.8) is 0 Å². The number of hydrogen-bond donors (Lipinski definition) is 1. The average Bonchev–Trinajstić information content (AvgIpc) is 3.05. The van der Waals surface area contributed by atoms with Crippen molar-refractivity contribution in [3.8, 4) is 16.9 Å². The van der Waals surface area contributed by atoms with Gasteiger partial charge in [0.1, 0.15) is 11.6 Å². The molecule has 0 bridgehead atoms. The van der Waals surface area contributed by atoms with Crippen LogP contribution in [0.3, 0.4) is 0 Å². The summed E-state index contributed by atoms with van der Waals surface area (Å²) in [6.45, 7) is 2.54. The second-order valence-electron chi connectivity index (χ2n) is 6.18. The monoisotopic (exact) mass is 367 g/mol. The molecule has 0 saturated heterocycles. The molecule has 1 aliphatic heterocycles. The highest BCUT2D eigenvalue weighted by Crippen LogP contribution is 2.47. The maximum absolute atomic E-state index is 14.3. The summed E-state index contributed by atoms with van der Waals surface area (Å²) >= 11 is 1.56. The van der Waals surface area contributed by atoms with Gasteiger partial charge >= 0.3 is 0 Å². The van der Waals surface area contributed by atoms with Crippen molar-refractivity contribution in [2.75, 3.05) is 11.9 Å². The molecule has 1 amide bonds.